The molecule has 4 nitrogen and oxygen atoms in total. The summed E-state index contributed by atoms with van der Waals surface area (Å²) in [6.07, 6.45) is 2.39. The number of anilines is 2. The molecule has 1 amide bonds. The van der Waals surface area contributed by atoms with E-state index in [1.54, 1.807) is 12.1 Å². The highest BCUT2D eigenvalue weighted by Gasteiger charge is 2.18. The molecule has 0 atom stereocenters. The lowest BCUT2D eigenvalue weighted by molar-refractivity contribution is 0.0977. The van der Waals surface area contributed by atoms with Crippen molar-refractivity contribution in [1.82, 2.24) is 5.32 Å². The predicted molar refractivity (Wildman–Crippen MR) is 115 cm³/mol. The third-order valence-electron chi connectivity index (χ3n) is 4.61. The fourth-order valence-corrected chi connectivity index (χ4v) is 3.50. The van der Waals surface area contributed by atoms with Crippen LogP contribution < -0.4 is 15.5 Å². The molecule has 2 aromatic rings. The van der Waals surface area contributed by atoms with Crippen molar-refractivity contribution in [2.24, 2.45) is 5.92 Å². The summed E-state index contributed by atoms with van der Waals surface area (Å²) >= 11 is 8.71. The van der Waals surface area contributed by atoms with E-state index in [9.17, 15) is 4.79 Å². The molecule has 3 rings (SSSR count). The Morgan fingerprint density at radius 3 is 2.46 bits per heavy atom. The molecule has 0 aromatic heterocycles. The van der Waals surface area contributed by atoms with Gasteiger partial charge in [-0.15, -0.1) is 0 Å². The Kier molecular flexibility index (Phi) is 6.27. The van der Waals surface area contributed by atoms with E-state index in [0.29, 0.717) is 10.7 Å². The minimum atomic E-state index is -0.223. The molecule has 0 radical (unpaired) electrons. The monoisotopic (exact) mass is 431 g/mol. The number of para-hydroxylation sites is 2. The molecule has 0 bridgehead atoms. The Balaban J connectivity index is 1.66. The number of amides is 1. The summed E-state index contributed by atoms with van der Waals surface area (Å²) in [6.45, 7) is 4.38. The van der Waals surface area contributed by atoms with Crippen LogP contribution in [0.3, 0.4) is 0 Å². The Hall–Kier alpha value is -1.92. The zero-order valence-electron chi connectivity index (χ0n) is 14.7. The quantitative estimate of drug-likeness (QED) is 0.684. The van der Waals surface area contributed by atoms with Crippen LogP contribution in [0.25, 0.3) is 0 Å². The van der Waals surface area contributed by atoms with Crippen LogP contribution in [0.5, 0.6) is 0 Å². The van der Waals surface area contributed by atoms with E-state index in [1.807, 2.05) is 30.3 Å². The molecule has 26 heavy (non-hydrogen) atoms. The number of halogens is 1. The van der Waals surface area contributed by atoms with E-state index >= 15 is 0 Å². The first kappa shape index (κ1) is 18.9. The molecular formula is C20H22BrN3OS. The van der Waals surface area contributed by atoms with Gasteiger partial charge in [-0.3, -0.25) is 10.1 Å². The van der Waals surface area contributed by atoms with Crippen LogP contribution >= 0.6 is 28.1 Å². The molecule has 1 aliphatic heterocycles. The maximum absolute atomic E-state index is 12.3. The number of hydrogen-bond donors (Lipinski definition) is 2. The molecule has 6 heteroatoms. The van der Waals surface area contributed by atoms with Crippen molar-refractivity contribution in [1.29, 1.82) is 0 Å². The van der Waals surface area contributed by atoms with Crippen LogP contribution in [0.1, 0.15) is 30.1 Å². The standard InChI is InChI=1S/C20H22BrN3OS/c1-14-10-12-24(13-11-14)18-5-3-2-4-17(18)22-20(26)23-19(25)15-6-8-16(21)9-7-15/h2-9,14H,10-13H2,1H3,(H2,22,23,25,26). The number of benzene rings is 2. The lowest BCUT2D eigenvalue weighted by Gasteiger charge is -2.33. The first-order valence-electron chi connectivity index (χ1n) is 8.75. The van der Waals surface area contributed by atoms with Crippen LogP contribution in [-0.2, 0) is 0 Å². The molecule has 136 valence electrons. The fraction of sp³-hybridized carbons (Fsp3) is 0.300. The molecule has 0 spiro atoms. The minimum Gasteiger partial charge on any atom is -0.370 e. The zero-order valence-corrected chi connectivity index (χ0v) is 17.1. The van der Waals surface area contributed by atoms with Crippen LogP contribution in [0, 0.1) is 5.92 Å². The lowest BCUT2D eigenvalue weighted by atomic mass is 9.98. The summed E-state index contributed by atoms with van der Waals surface area (Å²) in [5, 5.41) is 6.23. The van der Waals surface area contributed by atoms with Crippen molar-refractivity contribution >= 4 is 50.5 Å². The number of hydrogen-bond acceptors (Lipinski definition) is 3. The maximum atomic E-state index is 12.3. The molecule has 1 heterocycles. The molecule has 1 aliphatic rings. The Labute approximate surface area is 168 Å². The van der Waals surface area contributed by atoms with Crippen LogP contribution in [0.2, 0.25) is 0 Å². The minimum absolute atomic E-state index is 0.223. The number of carbonyl (C=O) groups is 1. The normalized spacial score (nSPS) is 14.8. The van der Waals surface area contributed by atoms with Crippen LogP contribution in [0.4, 0.5) is 11.4 Å². The molecule has 2 N–H and O–H groups in total. The van der Waals surface area contributed by atoms with E-state index in [1.165, 1.54) is 12.8 Å². The third kappa shape index (κ3) is 4.83. The average Bonchev–Trinajstić information content (AvgIpc) is 2.63. The Bertz CT molecular complexity index is 786. The Morgan fingerprint density at radius 1 is 1.12 bits per heavy atom. The van der Waals surface area contributed by atoms with Crippen LogP contribution in [-0.4, -0.2) is 24.1 Å². The van der Waals surface area contributed by atoms with E-state index in [0.717, 1.165) is 34.9 Å². The highest BCUT2D eigenvalue weighted by Crippen LogP contribution is 2.29. The van der Waals surface area contributed by atoms with Gasteiger partial charge in [0.05, 0.1) is 11.4 Å². The number of thiocarbonyl (C=S) groups is 1. The molecule has 0 unspecified atom stereocenters. The zero-order chi connectivity index (χ0) is 18.5. The second-order valence-corrected chi connectivity index (χ2v) is 7.93. The van der Waals surface area contributed by atoms with Gasteiger partial charge in [-0.1, -0.05) is 35.0 Å². The highest BCUT2D eigenvalue weighted by atomic mass is 79.9. The first-order valence-corrected chi connectivity index (χ1v) is 9.95. The van der Waals surface area contributed by atoms with Gasteiger partial charge in [0.1, 0.15) is 0 Å². The van der Waals surface area contributed by atoms with Crippen molar-refractivity contribution in [2.45, 2.75) is 19.8 Å². The SMILES string of the molecule is CC1CCN(c2ccccc2NC(=S)NC(=O)c2ccc(Br)cc2)CC1. The van der Waals surface area contributed by atoms with Gasteiger partial charge in [-0.05, 0) is 67.4 Å². The molecule has 1 saturated heterocycles. The van der Waals surface area contributed by atoms with E-state index in [2.05, 4.69) is 44.5 Å². The smallest absolute Gasteiger partial charge is 0.257 e. The summed E-state index contributed by atoms with van der Waals surface area (Å²) < 4.78 is 0.930. The van der Waals surface area contributed by atoms with Gasteiger partial charge in [0.25, 0.3) is 5.91 Å². The lowest BCUT2D eigenvalue weighted by Crippen LogP contribution is -2.36. The maximum Gasteiger partial charge on any atom is 0.257 e. The average molecular weight is 432 g/mol. The van der Waals surface area contributed by atoms with Crippen molar-refractivity contribution in [3.63, 3.8) is 0 Å². The van der Waals surface area contributed by atoms with Gasteiger partial charge >= 0.3 is 0 Å². The van der Waals surface area contributed by atoms with Gasteiger partial charge in [-0.25, -0.2) is 0 Å². The summed E-state index contributed by atoms with van der Waals surface area (Å²) in [7, 11) is 0. The second-order valence-electron chi connectivity index (χ2n) is 6.60. The second kappa shape index (κ2) is 8.64. The summed E-state index contributed by atoms with van der Waals surface area (Å²) in [4.78, 5) is 14.7. The van der Waals surface area contributed by atoms with Crippen LogP contribution in [0.15, 0.2) is 53.0 Å². The summed E-state index contributed by atoms with van der Waals surface area (Å²) in [5.41, 5.74) is 2.61. The van der Waals surface area contributed by atoms with E-state index in [-0.39, 0.29) is 5.91 Å². The topological polar surface area (TPSA) is 44.4 Å². The first-order chi connectivity index (χ1) is 12.5. The van der Waals surface area contributed by atoms with Gasteiger partial charge < -0.3 is 10.2 Å². The van der Waals surface area contributed by atoms with Gasteiger partial charge in [0.2, 0.25) is 0 Å². The van der Waals surface area contributed by atoms with Gasteiger partial charge in [0, 0.05) is 23.1 Å². The Morgan fingerprint density at radius 2 is 1.77 bits per heavy atom. The molecule has 0 aliphatic carbocycles. The predicted octanol–water partition coefficient (Wildman–Crippen LogP) is 4.81. The number of piperidine rings is 1. The van der Waals surface area contributed by atoms with E-state index in [4.69, 9.17) is 12.2 Å². The molecular weight excluding hydrogens is 410 g/mol. The summed E-state index contributed by atoms with van der Waals surface area (Å²) in [5.74, 6) is 0.553. The largest absolute Gasteiger partial charge is 0.370 e. The molecule has 0 saturated carbocycles. The fourth-order valence-electron chi connectivity index (χ4n) is 3.03. The van der Waals surface area contributed by atoms with Crippen molar-refractivity contribution in [3.8, 4) is 0 Å². The highest BCUT2D eigenvalue weighted by molar-refractivity contribution is 9.10. The van der Waals surface area contributed by atoms with E-state index < -0.39 is 0 Å². The summed E-state index contributed by atoms with van der Waals surface area (Å²) in [6, 6.07) is 15.3. The third-order valence-corrected chi connectivity index (χ3v) is 5.34. The number of carbonyl (C=O) groups excluding carboxylic acids is 1. The number of nitrogens with one attached hydrogen (secondary N) is 2. The van der Waals surface area contributed by atoms with Crippen molar-refractivity contribution in [2.75, 3.05) is 23.3 Å². The van der Waals surface area contributed by atoms with Crippen molar-refractivity contribution < 1.29 is 4.79 Å². The van der Waals surface area contributed by atoms with Crippen molar-refractivity contribution in [3.05, 3.63) is 58.6 Å². The molecule has 2 aromatic carbocycles. The number of nitrogens with zero attached hydrogens (tertiary/aromatic N) is 1. The van der Waals surface area contributed by atoms with Gasteiger partial charge in [-0.2, -0.15) is 0 Å². The van der Waals surface area contributed by atoms with Gasteiger partial charge in [0.15, 0.2) is 5.11 Å². The number of rotatable bonds is 3. The molecule has 1 fully saturated rings.